The number of H-pyrrole nitrogens is 1. The number of hydrogen-bond acceptors (Lipinski definition) is 10. The molecule has 0 unspecified atom stereocenters. The molecule has 0 bridgehead atoms. The molecule has 0 aliphatic heterocycles. The van der Waals surface area contributed by atoms with Crippen molar-refractivity contribution in [3.63, 3.8) is 0 Å². The lowest BCUT2D eigenvalue weighted by molar-refractivity contribution is -0.143. The zero-order valence-corrected chi connectivity index (χ0v) is 32.7. The van der Waals surface area contributed by atoms with Gasteiger partial charge in [0.15, 0.2) is 0 Å². The van der Waals surface area contributed by atoms with Crippen molar-refractivity contribution in [3.8, 4) is 0 Å². The first-order chi connectivity index (χ1) is 26.2. The van der Waals surface area contributed by atoms with E-state index in [1.54, 1.807) is 52.1 Å². The Hall–Kier alpha value is -5.56. The van der Waals surface area contributed by atoms with E-state index in [1.165, 1.54) is 13.8 Å². The monoisotopic (exact) mass is 788 g/mol. The molecular formula is C37H56N8O11. The van der Waals surface area contributed by atoms with E-state index in [9.17, 15) is 53.7 Å². The fourth-order valence-electron chi connectivity index (χ4n) is 5.80. The summed E-state index contributed by atoms with van der Waals surface area (Å²) >= 11 is 0. The van der Waals surface area contributed by atoms with Crippen molar-refractivity contribution >= 4 is 58.2 Å². The van der Waals surface area contributed by atoms with Crippen LogP contribution in [-0.2, 0) is 44.8 Å². The van der Waals surface area contributed by atoms with Crippen LogP contribution in [0.25, 0.3) is 10.9 Å². The normalized spacial score (nSPS) is 16.1. The minimum atomic E-state index is -1.68. The molecule has 2 aromatic rings. The average molecular weight is 789 g/mol. The fraction of sp³-hybridized carbons (Fsp3) is 0.568. The number of carboxylic acid groups (broad SMARTS) is 1. The van der Waals surface area contributed by atoms with Crippen molar-refractivity contribution in [2.75, 3.05) is 0 Å². The van der Waals surface area contributed by atoms with Crippen LogP contribution < -0.4 is 37.6 Å². The first-order valence-corrected chi connectivity index (χ1v) is 18.4. The molecule has 0 saturated carbocycles. The maximum Gasteiger partial charge on any atom is 0.326 e. The number of carbonyl (C=O) groups excluding carboxylic acids is 7. The molecule has 9 atom stereocenters. The minimum absolute atomic E-state index is 0.103. The van der Waals surface area contributed by atoms with Crippen LogP contribution in [0, 0.1) is 11.8 Å². The molecule has 0 aliphatic carbocycles. The van der Waals surface area contributed by atoms with Crippen molar-refractivity contribution in [1.82, 2.24) is 36.9 Å². The summed E-state index contributed by atoms with van der Waals surface area (Å²) in [4.78, 5) is 106. The van der Waals surface area contributed by atoms with Gasteiger partial charge in [0.05, 0.1) is 12.2 Å². The maximum absolute atomic E-state index is 13.8. The zero-order chi connectivity index (χ0) is 42.4. The molecule has 0 saturated heterocycles. The number of aromatic nitrogens is 1. The SMILES string of the molecule is CC[C@H](C)[C@H](NC(=O)[C@H](CCC(N)=O)NC(=O)[C@@H](NC(C)=O)[C@@H](C)O)C(=O)N[C@H](C(=O)N[C@@H](Cc1c[nH]c2ccccc12)C(=O)N[C@H](C(=O)O)C(C)C)[C@@H](C)O. The van der Waals surface area contributed by atoms with E-state index in [1.807, 2.05) is 6.07 Å². The number of aliphatic carboxylic acids is 1. The Bertz CT molecular complexity index is 1730. The largest absolute Gasteiger partial charge is 0.480 e. The van der Waals surface area contributed by atoms with Crippen LogP contribution in [0.3, 0.4) is 0 Å². The highest BCUT2D eigenvalue weighted by Gasteiger charge is 2.37. The Kier molecular flexibility index (Phi) is 17.9. The lowest BCUT2D eigenvalue weighted by Gasteiger charge is -2.30. The number of para-hydroxylation sites is 1. The Labute approximate surface area is 324 Å². The van der Waals surface area contributed by atoms with E-state index in [4.69, 9.17) is 5.73 Å². The summed E-state index contributed by atoms with van der Waals surface area (Å²) in [6.07, 6.45) is -1.73. The molecule has 0 spiro atoms. The van der Waals surface area contributed by atoms with E-state index >= 15 is 0 Å². The van der Waals surface area contributed by atoms with Gasteiger partial charge in [0.1, 0.15) is 36.3 Å². The number of benzene rings is 1. The number of rotatable bonds is 22. The van der Waals surface area contributed by atoms with Gasteiger partial charge in [-0.05, 0) is 43.7 Å². The number of nitrogens with two attached hydrogens (primary N) is 1. The summed E-state index contributed by atoms with van der Waals surface area (Å²) in [5, 5.41) is 45.9. The first-order valence-electron chi connectivity index (χ1n) is 18.4. The molecule has 0 radical (unpaired) electrons. The summed E-state index contributed by atoms with van der Waals surface area (Å²) in [5.74, 6) is -8.47. The Morgan fingerprint density at radius 3 is 1.71 bits per heavy atom. The average Bonchev–Trinajstić information content (AvgIpc) is 3.53. The molecule has 2 rings (SSSR count). The second kappa shape index (κ2) is 21.5. The number of nitrogens with one attached hydrogen (secondary N) is 7. The molecule has 0 fully saturated rings. The molecule has 7 amide bonds. The zero-order valence-electron chi connectivity index (χ0n) is 32.7. The van der Waals surface area contributed by atoms with Gasteiger partial charge in [0.2, 0.25) is 41.4 Å². The van der Waals surface area contributed by atoms with Crippen molar-refractivity contribution in [2.24, 2.45) is 17.6 Å². The Balaban J connectivity index is 2.39. The van der Waals surface area contributed by atoms with Crippen molar-refractivity contribution in [1.29, 1.82) is 0 Å². The molecule has 1 aromatic carbocycles. The number of hydrogen-bond donors (Lipinski definition) is 11. The molecule has 0 aliphatic rings. The van der Waals surface area contributed by atoms with Gasteiger partial charge in [-0.25, -0.2) is 4.79 Å². The summed E-state index contributed by atoms with van der Waals surface area (Å²) in [7, 11) is 0. The standard InChI is InChI=1S/C37H56N8O11/c1-8-18(4)29(44-32(50)25(13-14-27(38)49)41-35(53)30(19(5)46)40-21(7)48)34(52)45-31(20(6)47)36(54)42-26(33(51)43-28(17(2)3)37(55)56)15-22-16-39-24-12-10-9-11-23(22)24/h9-12,16-20,25-26,28-31,39,46-47H,8,13-15H2,1-7H3,(H2,38,49)(H,40,48)(H,41,53)(H,42,54)(H,43,51)(H,44,50)(H,45,52)(H,55,56)/t18-,19+,20+,25-,26-,28-,29-,30-,31-/m0/s1. The van der Waals surface area contributed by atoms with Gasteiger partial charge in [-0.2, -0.15) is 0 Å². The van der Waals surface area contributed by atoms with Crippen LogP contribution >= 0.6 is 0 Å². The molecule has 56 heavy (non-hydrogen) atoms. The number of amides is 7. The Morgan fingerprint density at radius 1 is 0.696 bits per heavy atom. The quantitative estimate of drug-likeness (QED) is 0.0649. The van der Waals surface area contributed by atoms with Gasteiger partial charge in [0, 0.05) is 36.9 Å². The summed E-state index contributed by atoms with van der Waals surface area (Å²) in [5.41, 5.74) is 6.65. The predicted molar refractivity (Wildman–Crippen MR) is 203 cm³/mol. The van der Waals surface area contributed by atoms with Gasteiger partial charge in [-0.15, -0.1) is 0 Å². The van der Waals surface area contributed by atoms with Gasteiger partial charge in [0.25, 0.3) is 0 Å². The lowest BCUT2D eigenvalue weighted by atomic mass is 9.96. The summed E-state index contributed by atoms with van der Waals surface area (Å²) in [6.45, 7) is 10.1. The lowest BCUT2D eigenvalue weighted by Crippen LogP contribution is -2.63. The first kappa shape index (κ1) is 46.6. The van der Waals surface area contributed by atoms with E-state index in [0.29, 0.717) is 12.0 Å². The third-order valence-electron chi connectivity index (χ3n) is 9.25. The van der Waals surface area contributed by atoms with Crippen molar-refractivity contribution in [3.05, 3.63) is 36.0 Å². The fourth-order valence-corrected chi connectivity index (χ4v) is 5.80. The summed E-state index contributed by atoms with van der Waals surface area (Å²) in [6, 6.07) is -1.45. The predicted octanol–water partition coefficient (Wildman–Crippen LogP) is -1.55. The molecule has 19 nitrogen and oxygen atoms in total. The van der Waals surface area contributed by atoms with Gasteiger partial charge < -0.3 is 57.9 Å². The van der Waals surface area contributed by atoms with Crippen molar-refractivity contribution < 1.29 is 53.7 Å². The number of carbonyl (C=O) groups is 8. The van der Waals surface area contributed by atoms with Crippen LogP contribution in [0.4, 0.5) is 0 Å². The molecular weight excluding hydrogens is 732 g/mol. The van der Waals surface area contributed by atoms with Crippen molar-refractivity contribution in [2.45, 2.75) is 123 Å². The number of aromatic amines is 1. The van der Waals surface area contributed by atoms with Crippen LogP contribution in [0.2, 0.25) is 0 Å². The van der Waals surface area contributed by atoms with Crippen LogP contribution in [0.5, 0.6) is 0 Å². The smallest absolute Gasteiger partial charge is 0.326 e. The van der Waals surface area contributed by atoms with E-state index in [0.717, 1.165) is 17.8 Å². The number of primary amides is 1. The highest BCUT2D eigenvalue weighted by molar-refractivity contribution is 5.97. The maximum atomic E-state index is 13.8. The van der Waals surface area contributed by atoms with Gasteiger partial charge in [-0.1, -0.05) is 52.3 Å². The third-order valence-corrected chi connectivity index (χ3v) is 9.25. The minimum Gasteiger partial charge on any atom is -0.480 e. The van der Waals surface area contributed by atoms with Crippen LogP contribution in [0.1, 0.15) is 73.3 Å². The van der Waals surface area contributed by atoms with Crippen LogP contribution in [0.15, 0.2) is 30.5 Å². The van der Waals surface area contributed by atoms with Crippen LogP contribution in [-0.4, -0.2) is 116 Å². The summed E-state index contributed by atoms with van der Waals surface area (Å²) < 4.78 is 0. The molecule has 1 aromatic heterocycles. The van der Waals surface area contributed by atoms with E-state index in [2.05, 4.69) is 36.9 Å². The molecule has 1 heterocycles. The number of aliphatic hydroxyl groups is 2. The van der Waals surface area contributed by atoms with Gasteiger partial charge >= 0.3 is 5.97 Å². The third kappa shape index (κ3) is 13.6. The van der Waals surface area contributed by atoms with E-state index in [-0.39, 0.29) is 19.3 Å². The topological polar surface area (TPSA) is 311 Å². The number of carboxylic acids is 1. The second-order valence-electron chi connectivity index (χ2n) is 14.3. The second-order valence-corrected chi connectivity index (χ2v) is 14.3. The molecule has 310 valence electrons. The molecule has 19 heteroatoms. The highest BCUT2D eigenvalue weighted by atomic mass is 16.4. The van der Waals surface area contributed by atoms with Gasteiger partial charge in [-0.3, -0.25) is 33.6 Å². The number of aliphatic hydroxyl groups excluding tert-OH is 2. The Morgan fingerprint density at radius 2 is 1.20 bits per heavy atom. The number of fused-ring (bicyclic) bond motifs is 1. The van der Waals surface area contributed by atoms with E-state index < -0.39 is 108 Å². The highest BCUT2D eigenvalue weighted by Crippen LogP contribution is 2.20. The molecule has 12 N–H and O–H groups in total.